The second-order valence-corrected chi connectivity index (χ2v) is 5.27. The number of imidazole rings is 1. The van der Waals surface area contributed by atoms with Crippen LogP contribution in [0.15, 0.2) is 36.7 Å². The summed E-state index contributed by atoms with van der Waals surface area (Å²) in [5.41, 5.74) is 0.686. The summed E-state index contributed by atoms with van der Waals surface area (Å²) in [5, 5.41) is 0. The summed E-state index contributed by atoms with van der Waals surface area (Å²) in [4.78, 5) is 21.9. The largest absolute Gasteiger partial charge is 0.497 e. The van der Waals surface area contributed by atoms with Crippen LogP contribution in [0.1, 0.15) is 34.9 Å². The van der Waals surface area contributed by atoms with E-state index in [0.717, 1.165) is 31.8 Å². The Bertz CT molecular complexity index is 602. The molecule has 0 aliphatic carbocycles. The van der Waals surface area contributed by atoms with Crippen molar-refractivity contribution < 1.29 is 9.53 Å². The van der Waals surface area contributed by atoms with E-state index in [1.54, 1.807) is 19.4 Å². The van der Waals surface area contributed by atoms with Crippen molar-refractivity contribution in [2.75, 3.05) is 20.2 Å². The maximum Gasteiger partial charge on any atom is 0.253 e. The molecule has 5 nitrogen and oxygen atoms in total. The highest BCUT2D eigenvalue weighted by Gasteiger charge is 2.25. The Labute approximate surface area is 124 Å². The van der Waals surface area contributed by atoms with Crippen LogP contribution in [0.4, 0.5) is 0 Å². The molecular formula is C16H19N3O2. The number of carbonyl (C=O) groups is 1. The minimum Gasteiger partial charge on any atom is -0.497 e. The number of amides is 1. The predicted molar refractivity (Wildman–Crippen MR) is 79.5 cm³/mol. The second-order valence-electron chi connectivity index (χ2n) is 5.27. The topological polar surface area (TPSA) is 58.2 Å². The Kier molecular flexibility index (Phi) is 3.90. The van der Waals surface area contributed by atoms with Gasteiger partial charge in [0, 0.05) is 37.0 Å². The molecule has 0 bridgehead atoms. The van der Waals surface area contributed by atoms with Crippen LogP contribution in [0, 0.1) is 0 Å². The lowest BCUT2D eigenvalue weighted by Gasteiger charge is -2.31. The minimum absolute atomic E-state index is 0.0757. The maximum atomic E-state index is 12.5. The van der Waals surface area contributed by atoms with Gasteiger partial charge < -0.3 is 14.6 Å². The van der Waals surface area contributed by atoms with Crippen LogP contribution in [0.5, 0.6) is 5.75 Å². The van der Waals surface area contributed by atoms with Crippen molar-refractivity contribution in [1.29, 1.82) is 0 Å². The van der Waals surface area contributed by atoms with Gasteiger partial charge in [0.25, 0.3) is 5.91 Å². The van der Waals surface area contributed by atoms with E-state index in [-0.39, 0.29) is 5.91 Å². The quantitative estimate of drug-likeness (QED) is 0.942. The van der Waals surface area contributed by atoms with Crippen molar-refractivity contribution in [3.63, 3.8) is 0 Å². The molecule has 1 aromatic carbocycles. The van der Waals surface area contributed by atoms with E-state index >= 15 is 0 Å². The molecule has 1 saturated heterocycles. The highest BCUT2D eigenvalue weighted by molar-refractivity contribution is 5.94. The normalized spacial score (nSPS) is 16.0. The van der Waals surface area contributed by atoms with Crippen molar-refractivity contribution in [3.8, 4) is 5.75 Å². The number of nitrogens with zero attached hydrogens (tertiary/aromatic N) is 2. The molecule has 1 N–H and O–H groups in total. The van der Waals surface area contributed by atoms with Crippen LogP contribution in [-0.2, 0) is 0 Å². The van der Waals surface area contributed by atoms with Crippen molar-refractivity contribution in [3.05, 3.63) is 48.0 Å². The van der Waals surface area contributed by atoms with Gasteiger partial charge in [0.05, 0.1) is 7.11 Å². The second kappa shape index (κ2) is 5.99. The molecule has 1 amide bonds. The van der Waals surface area contributed by atoms with Crippen LogP contribution in [0.2, 0.25) is 0 Å². The fourth-order valence-electron chi connectivity index (χ4n) is 2.80. The number of hydrogen-bond acceptors (Lipinski definition) is 3. The average molecular weight is 285 g/mol. The number of benzene rings is 1. The Hall–Kier alpha value is -2.30. The summed E-state index contributed by atoms with van der Waals surface area (Å²) in [6.45, 7) is 1.53. The zero-order valence-corrected chi connectivity index (χ0v) is 12.1. The zero-order chi connectivity index (χ0) is 14.7. The van der Waals surface area contributed by atoms with Crippen molar-refractivity contribution in [2.24, 2.45) is 0 Å². The molecule has 0 unspecified atom stereocenters. The summed E-state index contributed by atoms with van der Waals surface area (Å²) in [6.07, 6.45) is 5.53. The molecule has 2 aromatic rings. The van der Waals surface area contributed by atoms with E-state index in [4.69, 9.17) is 4.74 Å². The summed E-state index contributed by atoms with van der Waals surface area (Å²) in [6, 6.07) is 7.33. The smallest absolute Gasteiger partial charge is 0.253 e. The Morgan fingerprint density at radius 2 is 2.19 bits per heavy atom. The molecule has 1 aromatic heterocycles. The third-order valence-corrected chi connectivity index (χ3v) is 4.00. The van der Waals surface area contributed by atoms with Gasteiger partial charge in [-0.25, -0.2) is 4.98 Å². The molecule has 21 heavy (non-hydrogen) atoms. The predicted octanol–water partition coefficient (Wildman–Crippen LogP) is 2.44. The first kappa shape index (κ1) is 13.7. The van der Waals surface area contributed by atoms with Gasteiger partial charge in [-0.15, -0.1) is 0 Å². The monoisotopic (exact) mass is 285 g/mol. The number of H-pyrrole nitrogens is 1. The van der Waals surface area contributed by atoms with Gasteiger partial charge in [0.15, 0.2) is 0 Å². The minimum atomic E-state index is 0.0757. The Morgan fingerprint density at radius 1 is 1.38 bits per heavy atom. The number of aromatic amines is 1. The molecule has 0 spiro atoms. The van der Waals surface area contributed by atoms with E-state index < -0.39 is 0 Å². The van der Waals surface area contributed by atoms with Gasteiger partial charge in [-0.2, -0.15) is 0 Å². The number of nitrogens with one attached hydrogen (secondary N) is 1. The van der Waals surface area contributed by atoms with Crippen LogP contribution >= 0.6 is 0 Å². The summed E-state index contributed by atoms with van der Waals surface area (Å²) >= 11 is 0. The van der Waals surface area contributed by atoms with E-state index in [0.29, 0.717) is 17.2 Å². The van der Waals surface area contributed by atoms with Crippen LogP contribution < -0.4 is 4.74 Å². The molecule has 5 heteroatoms. The molecule has 1 fully saturated rings. The lowest BCUT2D eigenvalue weighted by molar-refractivity contribution is 0.0711. The van der Waals surface area contributed by atoms with Gasteiger partial charge in [-0.3, -0.25) is 4.79 Å². The van der Waals surface area contributed by atoms with Crippen molar-refractivity contribution >= 4 is 5.91 Å². The standard InChI is InChI=1S/C16H19N3O2/c1-21-14-4-2-3-13(11-14)16(20)19-9-5-12(6-10-19)15-17-7-8-18-15/h2-4,7-8,11-12H,5-6,9-10H2,1H3,(H,17,18). The molecule has 0 radical (unpaired) electrons. The molecular weight excluding hydrogens is 266 g/mol. The summed E-state index contributed by atoms with van der Waals surface area (Å²) in [7, 11) is 1.61. The fourth-order valence-corrected chi connectivity index (χ4v) is 2.80. The molecule has 110 valence electrons. The average Bonchev–Trinajstić information content (AvgIpc) is 3.09. The Balaban J connectivity index is 1.64. The first-order valence-electron chi connectivity index (χ1n) is 7.20. The number of piperidine rings is 1. The number of methoxy groups -OCH3 is 1. The first-order valence-corrected chi connectivity index (χ1v) is 7.20. The van der Waals surface area contributed by atoms with E-state index in [2.05, 4.69) is 9.97 Å². The van der Waals surface area contributed by atoms with Gasteiger partial charge in [0.1, 0.15) is 11.6 Å². The number of hydrogen-bond donors (Lipinski definition) is 1. The Morgan fingerprint density at radius 3 is 2.86 bits per heavy atom. The van der Waals surface area contributed by atoms with Crippen molar-refractivity contribution in [2.45, 2.75) is 18.8 Å². The molecule has 1 aliphatic rings. The van der Waals surface area contributed by atoms with Crippen LogP contribution in [0.3, 0.4) is 0 Å². The van der Waals surface area contributed by atoms with Gasteiger partial charge in [0.2, 0.25) is 0 Å². The number of aromatic nitrogens is 2. The fraction of sp³-hybridized carbons (Fsp3) is 0.375. The summed E-state index contributed by atoms with van der Waals surface area (Å²) in [5.74, 6) is 2.25. The van der Waals surface area contributed by atoms with Gasteiger partial charge in [-0.1, -0.05) is 6.07 Å². The van der Waals surface area contributed by atoms with Gasteiger partial charge >= 0.3 is 0 Å². The number of ether oxygens (including phenoxy) is 1. The molecule has 3 rings (SSSR count). The molecule has 2 heterocycles. The molecule has 0 saturated carbocycles. The lowest BCUT2D eigenvalue weighted by Crippen LogP contribution is -2.38. The third-order valence-electron chi connectivity index (χ3n) is 4.00. The zero-order valence-electron chi connectivity index (χ0n) is 12.1. The van der Waals surface area contributed by atoms with E-state index in [1.165, 1.54) is 0 Å². The summed E-state index contributed by atoms with van der Waals surface area (Å²) < 4.78 is 5.18. The lowest BCUT2D eigenvalue weighted by atomic mass is 9.95. The van der Waals surface area contributed by atoms with Crippen molar-refractivity contribution in [1.82, 2.24) is 14.9 Å². The third kappa shape index (κ3) is 2.91. The van der Waals surface area contributed by atoms with Crippen LogP contribution in [-0.4, -0.2) is 41.0 Å². The number of carbonyl (C=O) groups excluding carboxylic acids is 1. The number of rotatable bonds is 3. The maximum absolute atomic E-state index is 12.5. The molecule has 1 aliphatic heterocycles. The highest BCUT2D eigenvalue weighted by atomic mass is 16.5. The first-order chi connectivity index (χ1) is 10.3. The van der Waals surface area contributed by atoms with Gasteiger partial charge in [-0.05, 0) is 31.0 Å². The van der Waals surface area contributed by atoms with E-state index in [1.807, 2.05) is 29.3 Å². The highest BCUT2D eigenvalue weighted by Crippen LogP contribution is 2.26. The SMILES string of the molecule is COc1cccc(C(=O)N2CCC(c3ncc[nH]3)CC2)c1. The molecule has 0 atom stereocenters. The van der Waals surface area contributed by atoms with E-state index in [9.17, 15) is 4.79 Å². The number of likely N-dealkylation sites (tertiary alicyclic amines) is 1. The van der Waals surface area contributed by atoms with Crippen LogP contribution in [0.25, 0.3) is 0 Å².